The maximum Gasteiger partial charge on any atom is 0.222 e. The van der Waals surface area contributed by atoms with Gasteiger partial charge in [0, 0.05) is 39.2 Å². The lowest BCUT2D eigenvalue weighted by Gasteiger charge is -2.30. The first-order chi connectivity index (χ1) is 11.2. The summed E-state index contributed by atoms with van der Waals surface area (Å²) in [5, 5.41) is 0. The van der Waals surface area contributed by atoms with Crippen LogP contribution in [0.1, 0.15) is 38.1 Å². The summed E-state index contributed by atoms with van der Waals surface area (Å²) in [6.45, 7) is 4.56. The molecule has 0 bridgehead atoms. The third-order valence-electron chi connectivity index (χ3n) is 4.37. The van der Waals surface area contributed by atoms with Crippen molar-refractivity contribution in [3.63, 3.8) is 0 Å². The molecule has 0 spiro atoms. The van der Waals surface area contributed by atoms with E-state index in [9.17, 15) is 4.79 Å². The van der Waals surface area contributed by atoms with Crippen LogP contribution in [0.2, 0.25) is 0 Å². The van der Waals surface area contributed by atoms with Gasteiger partial charge < -0.3 is 14.2 Å². The number of methoxy groups -OCH3 is 1. The predicted molar refractivity (Wildman–Crippen MR) is 88.3 cm³/mol. The second-order valence-electron chi connectivity index (χ2n) is 6.14. The van der Waals surface area contributed by atoms with E-state index in [1.165, 1.54) is 0 Å². The lowest BCUT2D eigenvalue weighted by atomic mass is 10.1. The van der Waals surface area contributed by atoms with Crippen molar-refractivity contribution in [1.29, 1.82) is 0 Å². The summed E-state index contributed by atoms with van der Waals surface area (Å²) in [5.74, 6) is 1.25. The van der Waals surface area contributed by atoms with Crippen molar-refractivity contribution >= 4 is 17.1 Å². The van der Waals surface area contributed by atoms with E-state index in [1.54, 1.807) is 13.3 Å². The standard InChI is InChI=1S/C17H24N4O2/c1-13(12-23-2)21-15(19-14-6-4-9-18-17(14)21)7-3-8-16(22)20-10-5-11-20/h4,6,9,13H,3,5,7-8,10-12H2,1-2H3/t13-/m1/s1. The third kappa shape index (κ3) is 3.37. The van der Waals surface area contributed by atoms with Crippen LogP contribution in [-0.4, -0.2) is 52.1 Å². The van der Waals surface area contributed by atoms with Crippen LogP contribution in [0.4, 0.5) is 0 Å². The van der Waals surface area contributed by atoms with Crippen LogP contribution in [0.5, 0.6) is 0 Å². The fraction of sp³-hybridized carbons (Fsp3) is 0.588. The number of amides is 1. The maximum atomic E-state index is 12.0. The lowest BCUT2D eigenvalue weighted by molar-refractivity contribution is -0.134. The van der Waals surface area contributed by atoms with E-state index in [0.717, 1.165) is 49.3 Å². The van der Waals surface area contributed by atoms with Crippen LogP contribution in [0.15, 0.2) is 18.3 Å². The zero-order chi connectivity index (χ0) is 16.2. The fourth-order valence-corrected chi connectivity index (χ4v) is 3.05. The molecule has 3 heterocycles. The molecular formula is C17H24N4O2. The molecule has 2 aromatic heterocycles. The van der Waals surface area contributed by atoms with E-state index in [0.29, 0.717) is 13.0 Å². The molecule has 2 aromatic rings. The quantitative estimate of drug-likeness (QED) is 0.785. The van der Waals surface area contributed by atoms with Gasteiger partial charge in [0.2, 0.25) is 5.91 Å². The minimum atomic E-state index is 0.168. The molecular weight excluding hydrogens is 292 g/mol. The molecule has 0 saturated carbocycles. The van der Waals surface area contributed by atoms with Crippen molar-refractivity contribution in [1.82, 2.24) is 19.4 Å². The number of carbonyl (C=O) groups excluding carboxylic acids is 1. The second-order valence-corrected chi connectivity index (χ2v) is 6.14. The molecule has 0 radical (unpaired) electrons. The number of aryl methyl sites for hydroxylation is 1. The molecule has 1 atom stereocenters. The van der Waals surface area contributed by atoms with Crippen LogP contribution in [0, 0.1) is 0 Å². The van der Waals surface area contributed by atoms with E-state index >= 15 is 0 Å². The van der Waals surface area contributed by atoms with Crippen LogP contribution < -0.4 is 0 Å². The van der Waals surface area contributed by atoms with Crippen molar-refractivity contribution in [3.05, 3.63) is 24.2 Å². The molecule has 1 amide bonds. The summed E-state index contributed by atoms with van der Waals surface area (Å²) < 4.78 is 7.44. The zero-order valence-corrected chi connectivity index (χ0v) is 13.9. The fourth-order valence-electron chi connectivity index (χ4n) is 3.05. The number of fused-ring (bicyclic) bond motifs is 1. The number of pyridine rings is 1. The molecule has 0 unspecified atom stereocenters. The number of nitrogens with zero attached hydrogens (tertiary/aromatic N) is 4. The Morgan fingerprint density at radius 2 is 2.26 bits per heavy atom. The van der Waals surface area contributed by atoms with Crippen molar-refractivity contribution < 1.29 is 9.53 Å². The highest BCUT2D eigenvalue weighted by Crippen LogP contribution is 2.21. The van der Waals surface area contributed by atoms with Crippen molar-refractivity contribution in [3.8, 4) is 0 Å². The van der Waals surface area contributed by atoms with E-state index in [2.05, 4.69) is 16.5 Å². The van der Waals surface area contributed by atoms with Gasteiger partial charge in [0.25, 0.3) is 0 Å². The Bertz CT molecular complexity index is 678. The van der Waals surface area contributed by atoms with Crippen LogP contribution in [0.25, 0.3) is 11.2 Å². The second kappa shape index (κ2) is 7.08. The number of imidazole rings is 1. The molecule has 3 rings (SSSR count). The molecule has 1 saturated heterocycles. The van der Waals surface area contributed by atoms with Gasteiger partial charge in [-0.2, -0.15) is 0 Å². The highest BCUT2D eigenvalue weighted by atomic mass is 16.5. The van der Waals surface area contributed by atoms with Crippen LogP contribution in [0.3, 0.4) is 0 Å². The molecule has 1 fully saturated rings. The third-order valence-corrected chi connectivity index (χ3v) is 4.37. The van der Waals surface area contributed by atoms with E-state index in [4.69, 9.17) is 9.72 Å². The van der Waals surface area contributed by atoms with E-state index < -0.39 is 0 Å². The minimum absolute atomic E-state index is 0.168. The Balaban J connectivity index is 1.73. The highest BCUT2D eigenvalue weighted by Gasteiger charge is 2.21. The molecule has 6 nitrogen and oxygen atoms in total. The number of ether oxygens (including phenoxy) is 1. The monoisotopic (exact) mass is 316 g/mol. The Kier molecular flexibility index (Phi) is 4.91. The average molecular weight is 316 g/mol. The Hall–Kier alpha value is -1.95. The van der Waals surface area contributed by atoms with Crippen LogP contribution >= 0.6 is 0 Å². The smallest absolute Gasteiger partial charge is 0.222 e. The van der Waals surface area contributed by atoms with Gasteiger partial charge in [-0.1, -0.05) is 0 Å². The number of hydrogen-bond acceptors (Lipinski definition) is 4. The van der Waals surface area contributed by atoms with Crippen molar-refractivity contribution in [2.24, 2.45) is 0 Å². The summed E-state index contributed by atoms with van der Waals surface area (Å²) in [6, 6.07) is 4.05. The Morgan fingerprint density at radius 3 is 2.96 bits per heavy atom. The van der Waals surface area contributed by atoms with Gasteiger partial charge >= 0.3 is 0 Å². The normalized spacial score (nSPS) is 15.7. The summed E-state index contributed by atoms with van der Waals surface area (Å²) in [7, 11) is 1.70. The van der Waals surface area contributed by atoms with E-state index in [-0.39, 0.29) is 11.9 Å². The Morgan fingerprint density at radius 1 is 1.43 bits per heavy atom. The number of aromatic nitrogens is 3. The van der Waals surface area contributed by atoms with Gasteiger partial charge in [-0.3, -0.25) is 4.79 Å². The summed E-state index contributed by atoms with van der Waals surface area (Å²) in [5.41, 5.74) is 1.79. The topological polar surface area (TPSA) is 60.2 Å². The highest BCUT2D eigenvalue weighted by molar-refractivity contribution is 5.76. The van der Waals surface area contributed by atoms with E-state index in [1.807, 2.05) is 17.0 Å². The average Bonchev–Trinajstić information content (AvgIpc) is 2.84. The van der Waals surface area contributed by atoms with Gasteiger partial charge in [-0.25, -0.2) is 9.97 Å². The van der Waals surface area contributed by atoms with Gasteiger partial charge in [-0.15, -0.1) is 0 Å². The first-order valence-electron chi connectivity index (χ1n) is 8.29. The number of likely N-dealkylation sites (tertiary alicyclic amines) is 1. The Labute approximate surface area is 136 Å². The van der Waals surface area contributed by atoms with Gasteiger partial charge in [0.1, 0.15) is 11.3 Å². The van der Waals surface area contributed by atoms with Gasteiger partial charge in [0.15, 0.2) is 5.65 Å². The number of rotatable bonds is 7. The first kappa shape index (κ1) is 15.9. The molecule has 1 aliphatic heterocycles. The number of hydrogen-bond donors (Lipinski definition) is 0. The minimum Gasteiger partial charge on any atom is -0.383 e. The first-order valence-corrected chi connectivity index (χ1v) is 8.29. The lowest BCUT2D eigenvalue weighted by Crippen LogP contribution is -2.41. The van der Waals surface area contributed by atoms with Crippen molar-refractivity contribution in [2.75, 3.05) is 26.8 Å². The summed E-state index contributed by atoms with van der Waals surface area (Å²) >= 11 is 0. The summed E-state index contributed by atoms with van der Waals surface area (Å²) in [6.07, 6.45) is 5.12. The van der Waals surface area contributed by atoms with Gasteiger partial charge in [0.05, 0.1) is 12.6 Å². The molecule has 0 aliphatic carbocycles. The van der Waals surface area contributed by atoms with Crippen LogP contribution in [-0.2, 0) is 16.0 Å². The molecule has 23 heavy (non-hydrogen) atoms. The SMILES string of the molecule is COC[C@@H](C)n1c(CCCC(=O)N2CCC2)nc2cccnc21. The van der Waals surface area contributed by atoms with Crippen molar-refractivity contribution in [2.45, 2.75) is 38.6 Å². The molecule has 124 valence electrons. The summed E-state index contributed by atoms with van der Waals surface area (Å²) in [4.78, 5) is 23.1. The van der Waals surface area contributed by atoms with Gasteiger partial charge in [-0.05, 0) is 31.9 Å². The largest absolute Gasteiger partial charge is 0.383 e. The molecule has 0 aromatic carbocycles. The zero-order valence-electron chi connectivity index (χ0n) is 13.9. The molecule has 0 N–H and O–H groups in total. The maximum absolute atomic E-state index is 12.0. The number of carbonyl (C=O) groups is 1. The molecule has 1 aliphatic rings. The predicted octanol–water partition coefficient (Wildman–Crippen LogP) is 2.19. The molecule has 6 heteroatoms.